The molecule has 1 saturated carbocycles. The molecular weight excluding hydrogens is 702 g/mol. The summed E-state index contributed by atoms with van der Waals surface area (Å²) in [4.78, 5) is 9.25. The van der Waals surface area contributed by atoms with Crippen LogP contribution in [0, 0.1) is 5.82 Å². The largest absolute Gasteiger partial charge is 0.506 e. The summed E-state index contributed by atoms with van der Waals surface area (Å²) >= 11 is 0. The third-order valence-corrected chi connectivity index (χ3v) is 11.5. The second-order valence-electron chi connectivity index (χ2n) is 12.8. The molecular formula is C37H43F4N5O5S. The summed E-state index contributed by atoms with van der Waals surface area (Å²) in [6.07, 6.45) is 1.71. The van der Waals surface area contributed by atoms with E-state index < -0.39 is 38.2 Å². The summed E-state index contributed by atoms with van der Waals surface area (Å²) in [6, 6.07) is 11.7. The fraction of sp³-hybridized carbons (Fsp3) is 0.405. The Labute approximate surface area is 301 Å². The summed E-state index contributed by atoms with van der Waals surface area (Å²) in [6.45, 7) is 4.68. The monoisotopic (exact) mass is 745 g/mol. The first-order valence-electron chi connectivity index (χ1n) is 16.8. The number of aromatic hydroxyl groups is 1. The van der Waals surface area contributed by atoms with Gasteiger partial charge in [-0.15, -0.1) is 0 Å². The second-order valence-corrected chi connectivity index (χ2v) is 14.6. The minimum absolute atomic E-state index is 0.00618. The quantitative estimate of drug-likeness (QED) is 0.0872. The first-order chi connectivity index (χ1) is 24.8. The number of nitrogens with one attached hydrogen (secondary N) is 1. The van der Waals surface area contributed by atoms with Gasteiger partial charge in [-0.05, 0) is 87.7 Å². The van der Waals surface area contributed by atoms with Crippen LogP contribution in [0.4, 0.5) is 23.2 Å². The molecule has 0 radical (unpaired) electrons. The lowest BCUT2D eigenvalue weighted by Crippen LogP contribution is -2.49. The molecule has 1 saturated heterocycles. The number of methoxy groups -OCH3 is 2. The number of phenols is 1. The third kappa shape index (κ3) is 8.52. The molecule has 1 aliphatic carbocycles. The molecule has 0 amide bonds. The van der Waals surface area contributed by atoms with E-state index >= 15 is 4.39 Å². The van der Waals surface area contributed by atoms with E-state index in [1.54, 1.807) is 24.3 Å². The first kappa shape index (κ1) is 38.6. The van der Waals surface area contributed by atoms with Crippen molar-refractivity contribution in [2.24, 2.45) is 9.98 Å². The van der Waals surface area contributed by atoms with E-state index in [0.29, 0.717) is 41.9 Å². The zero-order chi connectivity index (χ0) is 37.6. The molecule has 0 aromatic heterocycles. The van der Waals surface area contributed by atoms with Crippen LogP contribution in [0.1, 0.15) is 54.7 Å². The number of ether oxygens (including phenoxy) is 2. The normalized spacial score (nSPS) is 20.2. The lowest BCUT2D eigenvalue weighted by molar-refractivity contribution is -0.137. The Balaban J connectivity index is 1.45. The molecule has 280 valence electrons. The van der Waals surface area contributed by atoms with Crippen LogP contribution in [0.15, 0.2) is 81.8 Å². The topological polar surface area (TPSA) is 116 Å². The molecule has 10 nitrogen and oxygen atoms in total. The minimum Gasteiger partial charge on any atom is -0.506 e. The molecule has 2 N–H and O–H groups in total. The van der Waals surface area contributed by atoms with Gasteiger partial charge in [0.05, 0.1) is 32.0 Å². The Morgan fingerprint density at radius 1 is 1.10 bits per heavy atom. The molecule has 52 heavy (non-hydrogen) atoms. The van der Waals surface area contributed by atoms with Gasteiger partial charge in [-0.1, -0.05) is 18.2 Å². The Morgan fingerprint density at radius 2 is 1.85 bits per heavy atom. The molecule has 2 fully saturated rings. The standard InChI is InChI=1S/C37H43F4N5O5S/c1-42-15-14-36(43-2)46(23-26-10-12-28(50-3)20-34(26)51-4)52(48,49)35-22-33(47)31(21-29(35)38)44-30-13-11-25(19-32(30)45-16-5-6-17-45)24-8-7-9-27(18-24)37(39,40)41/h7-10,12,14-15,18,20-22,25,30,32,44,47H,1,5-6,11,13,16-17,19,23H2,2-4H3/b15-14-,43-36?/t25-,30-,32-/m0/s1. The maximum atomic E-state index is 16.1. The minimum atomic E-state index is -4.71. The van der Waals surface area contributed by atoms with Crippen molar-refractivity contribution in [1.82, 2.24) is 9.21 Å². The highest BCUT2D eigenvalue weighted by molar-refractivity contribution is 7.89. The van der Waals surface area contributed by atoms with Crippen molar-refractivity contribution in [3.05, 3.63) is 89.4 Å². The summed E-state index contributed by atoms with van der Waals surface area (Å²) in [5.41, 5.74) is 0.355. The Bertz CT molecular complexity index is 1910. The Hall–Kier alpha value is -4.63. The number of hydrogen-bond donors (Lipinski definition) is 2. The van der Waals surface area contributed by atoms with Gasteiger partial charge in [0.15, 0.2) is 0 Å². The van der Waals surface area contributed by atoms with E-state index in [-0.39, 0.29) is 36.1 Å². The van der Waals surface area contributed by atoms with Crippen LogP contribution in [-0.2, 0) is 22.7 Å². The number of halogens is 4. The van der Waals surface area contributed by atoms with E-state index in [2.05, 4.69) is 26.9 Å². The van der Waals surface area contributed by atoms with Gasteiger partial charge < -0.3 is 19.9 Å². The molecule has 1 heterocycles. The van der Waals surface area contributed by atoms with Gasteiger partial charge in [0.25, 0.3) is 10.0 Å². The number of hydrogen-bond acceptors (Lipinski definition) is 9. The number of amidine groups is 1. The van der Waals surface area contributed by atoms with Gasteiger partial charge in [-0.2, -0.15) is 13.2 Å². The number of likely N-dealkylation sites (tertiary alicyclic amines) is 1. The smallest absolute Gasteiger partial charge is 0.416 e. The average molecular weight is 746 g/mol. The van der Waals surface area contributed by atoms with Crippen LogP contribution < -0.4 is 14.8 Å². The van der Waals surface area contributed by atoms with E-state index in [1.807, 2.05) is 0 Å². The summed E-state index contributed by atoms with van der Waals surface area (Å²) in [5, 5.41) is 14.5. The summed E-state index contributed by atoms with van der Waals surface area (Å²) < 4.78 is 96.6. The number of nitrogens with zero attached hydrogens (tertiary/aromatic N) is 4. The summed E-state index contributed by atoms with van der Waals surface area (Å²) in [7, 11) is -0.440. The second kappa shape index (κ2) is 16.4. The maximum Gasteiger partial charge on any atom is 0.416 e. The Kier molecular flexibility index (Phi) is 12.1. The number of phenolic OH excluding ortho intramolecular Hbond substituents is 1. The number of sulfonamides is 1. The van der Waals surface area contributed by atoms with Gasteiger partial charge in [-0.3, -0.25) is 14.9 Å². The highest BCUT2D eigenvalue weighted by atomic mass is 32.2. The van der Waals surface area contributed by atoms with Crippen molar-refractivity contribution in [1.29, 1.82) is 0 Å². The number of anilines is 1. The van der Waals surface area contributed by atoms with Crippen molar-refractivity contribution in [2.75, 3.05) is 39.7 Å². The average Bonchev–Trinajstić information content (AvgIpc) is 3.67. The lowest BCUT2D eigenvalue weighted by atomic mass is 9.77. The van der Waals surface area contributed by atoms with Crippen molar-refractivity contribution < 1.29 is 40.6 Å². The van der Waals surface area contributed by atoms with Gasteiger partial charge >= 0.3 is 6.18 Å². The number of rotatable bonds is 12. The molecule has 3 aromatic rings. The van der Waals surface area contributed by atoms with E-state index in [4.69, 9.17) is 9.47 Å². The molecule has 0 unspecified atom stereocenters. The highest BCUT2D eigenvalue weighted by Gasteiger charge is 2.38. The van der Waals surface area contributed by atoms with E-state index in [1.165, 1.54) is 45.7 Å². The Morgan fingerprint density at radius 3 is 2.50 bits per heavy atom. The van der Waals surface area contributed by atoms with Gasteiger partial charge in [0.1, 0.15) is 33.8 Å². The summed E-state index contributed by atoms with van der Waals surface area (Å²) in [5.74, 6) is -1.01. The predicted molar refractivity (Wildman–Crippen MR) is 192 cm³/mol. The molecule has 2 aliphatic rings. The molecule has 0 spiro atoms. The van der Waals surface area contributed by atoms with E-state index in [9.17, 15) is 26.7 Å². The highest BCUT2D eigenvalue weighted by Crippen LogP contribution is 2.41. The van der Waals surface area contributed by atoms with Crippen molar-refractivity contribution >= 4 is 28.3 Å². The van der Waals surface area contributed by atoms with Crippen molar-refractivity contribution in [3.8, 4) is 17.2 Å². The zero-order valence-electron chi connectivity index (χ0n) is 29.2. The van der Waals surface area contributed by atoms with Crippen molar-refractivity contribution in [3.63, 3.8) is 0 Å². The SMILES string of the molecule is C=N/C=C\C(=NC)N(Cc1ccc(OC)cc1OC)S(=O)(=O)c1cc(O)c(N[C@H]2CC[C@H](c3cccc(C(F)(F)F)c3)C[C@@H]2N2CCCC2)cc1F. The molecule has 3 aromatic carbocycles. The van der Waals surface area contributed by atoms with Gasteiger partial charge in [0, 0.05) is 49.1 Å². The molecule has 1 aliphatic heterocycles. The first-order valence-corrected chi connectivity index (χ1v) is 18.3. The maximum absolute atomic E-state index is 16.1. The number of alkyl halides is 3. The van der Waals surface area contributed by atoms with Crippen LogP contribution in [0.5, 0.6) is 17.2 Å². The predicted octanol–water partition coefficient (Wildman–Crippen LogP) is 7.21. The number of benzene rings is 3. The van der Waals surface area contributed by atoms with Crippen LogP contribution >= 0.6 is 0 Å². The van der Waals surface area contributed by atoms with Crippen LogP contribution in [0.25, 0.3) is 0 Å². The fourth-order valence-electron chi connectivity index (χ4n) is 7.05. The van der Waals surface area contributed by atoms with E-state index in [0.717, 1.165) is 48.4 Å². The molecule has 15 heteroatoms. The third-order valence-electron chi connectivity index (χ3n) is 9.69. The van der Waals surface area contributed by atoms with Crippen molar-refractivity contribution in [2.45, 2.75) is 67.7 Å². The van der Waals surface area contributed by atoms with Crippen LogP contribution in [0.2, 0.25) is 0 Å². The molecule has 5 rings (SSSR count). The van der Waals surface area contributed by atoms with Crippen LogP contribution in [0.3, 0.4) is 0 Å². The fourth-order valence-corrected chi connectivity index (χ4v) is 8.55. The zero-order valence-corrected chi connectivity index (χ0v) is 30.1. The van der Waals surface area contributed by atoms with Gasteiger partial charge in [-0.25, -0.2) is 17.1 Å². The van der Waals surface area contributed by atoms with Crippen LogP contribution in [-0.4, -0.2) is 81.7 Å². The number of aliphatic imine (C=N–C) groups is 2. The molecule has 3 atom stereocenters. The van der Waals surface area contributed by atoms with Gasteiger partial charge in [0.2, 0.25) is 0 Å². The lowest BCUT2D eigenvalue weighted by Gasteiger charge is -2.42. The molecule has 0 bridgehead atoms.